The summed E-state index contributed by atoms with van der Waals surface area (Å²) in [6, 6.07) is 10.1. The van der Waals surface area contributed by atoms with Crippen molar-refractivity contribution in [2.24, 2.45) is 0 Å². The van der Waals surface area contributed by atoms with Crippen molar-refractivity contribution in [3.63, 3.8) is 0 Å². The average Bonchev–Trinajstić information content (AvgIpc) is 3.47. The molecule has 1 aliphatic carbocycles. The fraction of sp³-hybridized carbons (Fsp3) is 0.364. The van der Waals surface area contributed by atoms with Gasteiger partial charge in [-0.1, -0.05) is 12.8 Å². The first-order chi connectivity index (χ1) is 13.7. The maximum Gasteiger partial charge on any atom is 0.223 e. The summed E-state index contributed by atoms with van der Waals surface area (Å²) in [5.41, 5.74) is 0.761. The van der Waals surface area contributed by atoms with Crippen LogP contribution in [0.1, 0.15) is 43.8 Å². The maximum atomic E-state index is 13.1. The molecule has 4 rings (SSSR count). The van der Waals surface area contributed by atoms with Crippen LogP contribution >= 0.6 is 0 Å². The summed E-state index contributed by atoms with van der Waals surface area (Å²) in [5.74, 6) is 1.68. The van der Waals surface area contributed by atoms with E-state index in [1.54, 1.807) is 24.6 Å². The Morgan fingerprint density at radius 3 is 2.68 bits per heavy atom. The summed E-state index contributed by atoms with van der Waals surface area (Å²) in [6.07, 6.45) is 8.42. The number of aryl methyl sites for hydroxylation is 1. The van der Waals surface area contributed by atoms with Crippen LogP contribution in [0.2, 0.25) is 0 Å². The van der Waals surface area contributed by atoms with Gasteiger partial charge in [0.25, 0.3) is 0 Å². The molecule has 0 bridgehead atoms. The molecular weight excluding hydrogens is 359 g/mol. The van der Waals surface area contributed by atoms with E-state index in [1.807, 2.05) is 17.0 Å². The number of benzene rings is 1. The molecule has 0 atom stereocenters. The van der Waals surface area contributed by atoms with E-state index >= 15 is 0 Å². The highest BCUT2D eigenvalue weighted by molar-refractivity contribution is 5.76. The highest BCUT2D eigenvalue weighted by Crippen LogP contribution is 2.26. The standard InChI is InChI=1S/C22H23FN2O3/c23-17-9-7-16(8-10-17)20-14-24-21(28-20)11-12-22(26)25(18-4-1-2-5-18)15-19-6-3-13-27-19/h3,6-10,13-14,18H,1-2,4-5,11-12,15H2. The average molecular weight is 382 g/mol. The largest absolute Gasteiger partial charge is 0.467 e. The van der Waals surface area contributed by atoms with Crippen LogP contribution in [0.3, 0.4) is 0 Å². The van der Waals surface area contributed by atoms with Gasteiger partial charge in [-0.2, -0.15) is 0 Å². The molecule has 0 aliphatic heterocycles. The lowest BCUT2D eigenvalue weighted by molar-refractivity contribution is -0.134. The number of aromatic nitrogens is 1. The van der Waals surface area contributed by atoms with Crippen LogP contribution in [-0.2, 0) is 17.8 Å². The van der Waals surface area contributed by atoms with Crippen molar-refractivity contribution in [3.8, 4) is 11.3 Å². The molecule has 0 spiro atoms. The van der Waals surface area contributed by atoms with Crippen LogP contribution in [0.25, 0.3) is 11.3 Å². The molecule has 1 aromatic carbocycles. The normalized spacial score (nSPS) is 14.5. The molecule has 1 fully saturated rings. The molecule has 3 aromatic rings. The molecule has 5 nitrogen and oxygen atoms in total. The van der Waals surface area contributed by atoms with Crippen LogP contribution in [0.15, 0.2) is 57.7 Å². The van der Waals surface area contributed by atoms with Crippen LogP contribution in [-0.4, -0.2) is 21.8 Å². The van der Waals surface area contributed by atoms with E-state index in [0.29, 0.717) is 31.0 Å². The minimum atomic E-state index is -0.294. The predicted molar refractivity (Wildman–Crippen MR) is 102 cm³/mol. The zero-order chi connectivity index (χ0) is 19.3. The molecule has 6 heteroatoms. The summed E-state index contributed by atoms with van der Waals surface area (Å²) in [4.78, 5) is 19.1. The molecule has 0 radical (unpaired) electrons. The van der Waals surface area contributed by atoms with E-state index in [-0.39, 0.29) is 17.8 Å². The molecule has 1 saturated carbocycles. The highest BCUT2D eigenvalue weighted by Gasteiger charge is 2.27. The second kappa shape index (κ2) is 8.42. The molecule has 0 unspecified atom stereocenters. The quantitative estimate of drug-likeness (QED) is 0.578. The Hall–Kier alpha value is -2.89. The number of oxazole rings is 1. The first-order valence-electron chi connectivity index (χ1n) is 9.71. The predicted octanol–water partition coefficient (Wildman–Crippen LogP) is 4.98. The van der Waals surface area contributed by atoms with Crippen LogP contribution in [0, 0.1) is 5.82 Å². The van der Waals surface area contributed by atoms with Gasteiger partial charge in [0.1, 0.15) is 11.6 Å². The van der Waals surface area contributed by atoms with Crippen LogP contribution in [0.5, 0.6) is 0 Å². The van der Waals surface area contributed by atoms with E-state index in [1.165, 1.54) is 12.1 Å². The molecular formula is C22H23FN2O3. The molecule has 28 heavy (non-hydrogen) atoms. The Morgan fingerprint density at radius 1 is 1.18 bits per heavy atom. The van der Waals surface area contributed by atoms with Crippen molar-refractivity contribution in [2.45, 2.75) is 51.1 Å². The number of halogens is 1. The number of amides is 1. The van der Waals surface area contributed by atoms with Gasteiger partial charge < -0.3 is 13.7 Å². The number of furan rings is 1. The Morgan fingerprint density at radius 2 is 1.96 bits per heavy atom. The number of carbonyl (C=O) groups is 1. The van der Waals surface area contributed by atoms with Crippen molar-refractivity contribution < 1.29 is 18.0 Å². The molecule has 0 saturated heterocycles. The van der Waals surface area contributed by atoms with Gasteiger partial charge in [0.2, 0.25) is 5.91 Å². The van der Waals surface area contributed by atoms with Crippen LogP contribution in [0.4, 0.5) is 4.39 Å². The van der Waals surface area contributed by atoms with E-state index in [0.717, 1.165) is 37.0 Å². The van der Waals surface area contributed by atoms with Gasteiger partial charge in [0.15, 0.2) is 11.7 Å². The van der Waals surface area contributed by atoms with E-state index in [9.17, 15) is 9.18 Å². The SMILES string of the molecule is O=C(CCc1ncc(-c2ccc(F)cc2)o1)N(Cc1ccco1)C1CCCC1. The van der Waals surface area contributed by atoms with Gasteiger partial charge in [-0.15, -0.1) is 0 Å². The monoisotopic (exact) mass is 382 g/mol. The van der Waals surface area contributed by atoms with Gasteiger partial charge in [-0.3, -0.25) is 4.79 Å². The Bertz CT molecular complexity index is 896. The van der Waals surface area contributed by atoms with Crippen molar-refractivity contribution >= 4 is 5.91 Å². The minimum absolute atomic E-state index is 0.0878. The van der Waals surface area contributed by atoms with E-state index < -0.39 is 0 Å². The van der Waals surface area contributed by atoms with Crippen molar-refractivity contribution in [1.82, 2.24) is 9.88 Å². The Balaban J connectivity index is 1.39. The first-order valence-corrected chi connectivity index (χ1v) is 9.71. The maximum absolute atomic E-state index is 13.1. The smallest absolute Gasteiger partial charge is 0.223 e. The van der Waals surface area contributed by atoms with Crippen molar-refractivity contribution in [3.05, 3.63) is 66.3 Å². The Labute approximate surface area is 163 Å². The summed E-state index contributed by atoms with van der Waals surface area (Å²) in [7, 11) is 0. The summed E-state index contributed by atoms with van der Waals surface area (Å²) in [6.45, 7) is 0.503. The summed E-state index contributed by atoms with van der Waals surface area (Å²) < 4.78 is 24.3. The fourth-order valence-electron chi connectivity index (χ4n) is 3.74. The van der Waals surface area contributed by atoms with Gasteiger partial charge in [0.05, 0.1) is 19.0 Å². The molecule has 2 aromatic heterocycles. The second-order valence-electron chi connectivity index (χ2n) is 7.16. The third kappa shape index (κ3) is 4.32. The molecule has 146 valence electrons. The second-order valence-corrected chi connectivity index (χ2v) is 7.16. The van der Waals surface area contributed by atoms with E-state index in [2.05, 4.69) is 4.98 Å². The lowest BCUT2D eigenvalue weighted by Gasteiger charge is -2.28. The third-order valence-electron chi connectivity index (χ3n) is 5.23. The number of nitrogens with zero attached hydrogens (tertiary/aromatic N) is 2. The Kier molecular flexibility index (Phi) is 5.55. The minimum Gasteiger partial charge on any atom is -0.467 e. The molecule has 1 amide bonds. The third-order valence-corrected chi connectivity index (χ3v) is 5.23. The topological polar surface area (TPSA) is 59.5 Å². The van der Waals surface area contributed by atoms with Gasteiger partial charge in [-0.25, -0.2) is 9.37 Å². The van der Waals surface area contributed by atoms with Crippen molar-refractivity contribution in [2.75, 3.05) is 0 Å². The molecule has 1 aliphatic rings. The van der Waals surface area contributed by atoms with Crippen molar-refractivity contribution in [1.29, 1.82) is 0 Å². The number of hydrogen-bond donors (Lipinski definition) is 0. The van der Waals surface area contributed by atoms with Gasteiger partial charge >= 0.3 is 0 Å². The fourth-order valence-corrected chi connectivity index (χ4v) is 3.74. The number of hydrogen-bond acceptors (Lipinski definition) is 4. The highest BCUT2D eigenvalue weighted by atomic mass is 19.1. The van der Waals surface area contributed by atoms with Gasteiger partial charge in [-0.05, 0) is 49.2 Å². The van der Waals surface area contributed by atoms with E-state index in [4.69, 9.17) is 8.83 Å². The zero-order valence-electron chi connectivity index (χ0n) is 15.6. The lowest BCUT2D eigenvalue weighted by Crippen LogP contribution is -2.38. The first kappa shape index (κ1) is 18.5. The van der Waals surface area contributed by atoms with Gasteiger partial charge in [0, 0.05) is 24.4 Å². The summed E-state index contributed by atoms with van der Waals surface area (Å²) >= 11 is 0. The van der Waals surface area contributed by atoms with Crippen LogP contribution < -0.4 is 0 Å². The molecule has 0 N–H and O–H groups in total. The molecule has 2 heterocycles. The summed E-state index contributed by atoms with van der Waals surface area (Å²) in [5, 5.41) is 0. The number of carbonyl (C=O) groups excluding carboxylic acids is 1. The number of rotatable bonds is 7. The zero-order valence-corrected chi connectivity index (χ0v) is 15.6. The lowest BCUT2D eigenvalue weighted by atomic mass is 10.1.